The summed E-state index contributed by atoms with van der Waals surface area (Å²) >= 11 is 0. The lowest BCUT2D eigenvalue weighted by atomic mass is 10.0. The van der Waals surface area contributed by atoms with Crippen molar-refractivity contribution in [2.24, 2.45) is 0 Å². The molecule has 2 aromatic rings. The Kier molecular flexibility index (Phi) is 6.58. The topological polar surface area (TPSA) is 85.4 Å². The molecule has 4 rings (SSSR count). The van der Waals surface area contributed by atoms with Gasteiger partial charge in [-0.2, -0.15) is 0 Å². The third kappa shape index (κ3) is 4.85. The molecular weight excluding hydrogens is 412 g/mol. The lowest BCUT2D eigenvalue weighted by Gasteiger charge is -2.29. The van der Waals surface area contributed by atoms with Crippen LogP contribution in [0.3, 0.4) is 0 Å². The van der Waals surface area contributed by atoms with E-state index in [-0.39, 0.29) is 19.6 Å². The number of hydrogen-bond acceptors (Lipinski definition) is 6. The molecule has 1 saturated heterocycles. The van der Waals surface area contributed by atoms with Crippen LogP contribution in [0.1, 0.15) is 23.1 Å². The number of benzene rings is 2. The van der Waals surface area contributed by atoms with Crippen molar-refractivity contribution in [3.8, 4) is 0 Å². The van der Waals surface area contributed by atoms with E-state index < -0.39 is 30.3 Å². The Labute approximate surface area is 186 Å². The first-order chi connectivity index (χ1) is 15.5. The average molecular weight is 438 g/mol. The van der Waals surface area contributed by atoms with Crippen molar-refractivity contribution in [1.29, 1.82) is 0 Å². The maximum Gasteiger partial charge on any atom is 0.410 e. The predicted octanol–water partition coefficient (Wildman–Crippen LogP) is 3.13. The Balaban J connectivity index is 1.37. The maximum absolute atomic E-state index is 12.8. The number of methoxy groups -OCH3 is 1. The lowest BCUT2D eigenvalue weighted by Crippen LogP contribution is -2.41. The van der Waals surface area contributed by atoms with Gasteiger partial charge in [0.25, 0.3) is 0 Å². The van der Waals surface area contributed by atoms with E-state index in [0.717, 1.165) is 17.5 Å². The summed E-state index contributed by atoms with van der Waals surface area (Å²) in [6.45, 7) is 1.20. The molecule has 168 valence electrons. The van der Waals surface area contributed by atoms with Crippen LogP contribution in [0.4, 0.5) is 9.59 Å². The molecule has 0 radical (unpaired) electrons. The van der Waals surface area contributed by atoms with Gasteiger partial charge in [-0.25, -0.2) is 14.4 Å². The molecule has 2 aliphatic heterocycles. The second kappa shape index (κ2) is 9.72. The zero-order valence-electron chi connectivity index (χ0n) is 17.9. The van der Waals surface area contributed by atoms with E-state index in [9.17, 15) is 14.4 Å². The van der Waals surface area contributed by atoms with Gasteiger partial charge >= 0.3 is 18.2 Å². The van der Waals surface area contributed by atoms with E-state index in [4.69, 9.17) is 14.2 Å². The molecule has 8 heteroatoms. The summed E-state index contributed by atoms with van der Waals surface area (Å²) < 4.78 is 15.9. The predicted molar refractivity (Wildman–Crippen MR) is 115 cm³/mol. The molecule has 32 heavy (non-hydrogen) atoms. The van der Waals surface area contributed by atoms with Crippen molar-refractivity contribution < 1.29 is 28.6 Å². The molecule has 8 nitrogen and oxygen atoms in total. The third-order valence-corrected chi connectivity index (χ3v) is 5.83. The van der Waals surface area contributed by atoms with E-state index in [1.807, 2.05) is 48.5 Å². The van der Waals surface area contributed by atoms with Crippen LogP contribution >= 0.6 is 0 Å². The second-order valence-electron chi connectivity index (χ2n) is 7.91. The van der Waals surface area contributed by atoms with Crippen LogP contribution in [0.5, 0.6) is 0 Å². The third-order valence-electron chi connectivity index (χ3n) is 5.83. The van der Waals surface area contributed by atoms with E-state index in [0.29, 0.717) is 13.1 Å². The SMILES string of the molecule is COC(=O)C1CC(OC(=O)N2CCc3ccccc3C2)CN1C(=O)OCc1ccccc1. The number of hydrogen-bond donors (Lipinski definition) is 0. The van der Waals surface area contributed by atoms with Crippen LogP contribution in [0.15, 0.2) is 54.6 Å². The summed E-state index contributed by atoms with van der Waals surface area (Å²) in [4.78, 5) is 40.6. The zero-order valence-corrected chi connectivity index (χ0v) is 17.9. The summed E-state index contributed by atoms with van der Waals surface area (Å²) in [7, 11) is 1.26. The monoisotopic (exact) mass is 438 g/mol. The minimum absolute atomic E-state index is 0.0730. The highest BCUT2D eigenvalue weighted by atomic mass is 16.6. The number of ether oxygens (including phenoxy) is 3. The normalized spacial score (nSPS) is 19.8. The van der Waals surface area contributed by atoms with Crippen molar-refractivity contribution >= 4 is 18.2 Å². The first kappa shape index (κ1) is 21.7. The molecule has 0 bridgehead atoms. The van der Waals surface area contributed by atoms with Gasteiger partial charge in [0.05, 0.1) is 13.7 Å². The number of nitrogens with zero attached hydrogens (tertiary/aromatic N) is 2. The smallest absolute Gasteiger partial charge is 0.410 e. The fraction of sp³-hybridized carbons (Fsp3) is 0.375. The second-order valence-corrected chi connectivity index (χ2v) is 7.91. The molecule has 1 fully saturated rings. The van der Waals surface area contributed by atoms with Crippen LogP contribution in [-0.4, -0.2) is 60.3 Å². The van der Waals surface area contributed by atoms with Gasteiger partial charge in [-0.05, 0) is 23.1 Å². The Morgan fingerprint density at radius 2 is 1.69 bits per heavy atom. The molecule has 2 heterocycles. The number of fused-ring (bicyclic) bond motifs is 1. The lowest BCUT2D eigenvalue weighted by molar-refractivity contribution is -0.145. The van der Waals surface area contributed by atoms with Gasteiger partial charge in [0.15, 0.2) is 0 Å². The van der Waals surface area contributed by atoms with E-state index in [2.05, 4.69) is 6.07 Å². The number of carbonyl (C=O) groups excluding carboxylic acids is 3. The minimum Gasteiger partial charge on any atom is -0.467 e. The van der Waals surface area contributed by atoms with Crippen molar-refractivity contribution in [1.82, 2.24) is 9.80 Å². The van der Waals surface area contributed by atoms with E-state index >= 15 is 0 Å². The highest BCUT2D eigenvalue weighted by molar-refractivity contribution is 5.82. The molecular formula is C24H26N2O6. The van der Waals surface area contributed by atoms with E-state index in [1.165, 1.54) is 17.6 Å². The number of likely N-dealkylation sites (tertiary alicyclic amines) is 1. The maximum atomic E-state index is 12.8. The van der Waals surface area contributed by atoms with Gasteiger partial charge in [-0.1, -0.05) is 54.6 Å². The summed E-state index contributed by atoms with van der Waals surface area (Å²) in [5, 5.41) is 0. The zero-order chi connectivity index (χ0) is 22.5. The van der Waals surface area contributed by atoms with Crippen LogP contribution in [0.2, 0.25) is 0 Å². The quantitative estimate of drug-likeness (QED) is 0.539. The molecule has 0 saturated carbocycles. The summed E-state index contributed by atoms with van der Waals surface area (Å²) in [6.07, 6.45) is -0.780. The highest BCUT2D eigenvalue weighted by Gasteiger charge is 2.43. The highest BCUT2D eigenvalue weighted by Crippen LogP contribution is 2.25. The van der Waals surface area contributed by atoms with Gasteiger partial charge in [-0.15, -0.1) is 0 Å². The molecule has 0 spiro atoms. The minimum atomic E-state index is -0.858. The molecule has 2 amide bonds. The van der Waals surface area contributed by atoms with Crippen LogP contribution < -0.4 is 0 Å². The Morgan fingerprint density at radius 1 is 0.969 bits per heavy atom. The number of carbonyl (C=O) groups is 3. The van der Waals surface area contributed by atoms with Gasteiger partial charge in [-0.3, -0.25) is 4.90 Å². The van der Waals surface area contributed by atoms with Crippen LogP contribution in [-0.2, 0) is 38.6 Å². The fourth-order valence-electron chi connectivity index (χ4n) is 4.11. The van der Waals surface area contributed by atoms with Crippen LogP contribution in [0.25, 0.3) is 0 Å². The number of esters is 1. The Hall–Kier alpha value is -3.55. The Bertz CT molecular complexity index is 979. The standard InChI is InChI=1S/C24H26N2O6/c1-30-22(27)21-13-20(15-26(21)24(29)31-16-17-7-3-2-4-8-17)32-23(28)25-12-11-18-9-5-6-10-19(18)14-25/h2-10,20-21H,11-16H2,1H3. The number of rotatable bonds is 4. The van der Waals surface area contributed by atoms with Gasteiger partial charge in [0.1, 0.15) is 18.8 Å². The first-order valence-corrected chi connectivity index (χ1v) is 10.6. The largest absolute Gasteiger partial charge is 0.467 e. The van der Waals surface area contributed by atoms with Gasteiger partial charge in [0.2, 0.25) is 0 Å². The van der Waals surface area contributed by atoms with Gasteiger partial charge < -0.3 is 19.1 Å². The Morgan fingerprint density at radius 3 is 2.44 bits per heavy atom. The molecule has 0 aromatic heterocycles. The van der Waals surface area contributed by atoms with Crippen LogP contribution in [0, 0.1) is 0 Å². The molecule has 0 N–H and O–H groups in total. The molecule has 2 aliphatic rings. The van der Waals surface area contributed by atoms with Crippen molar-refractivity contribution in [3.63, 3.8) is 0 Å². The molecule has 2 unspecified atom stereocenters. The van der Waals surface area contributed by atoms with E-state index in [1.54, 1.807) is 4.90 Å². The summed E-state index contributed by atoms with van der Waals surface area (Å²) in [6, 6.07) is 16.4. The fourth-order valence-corrected chi connectivity index (χ4v) is 4.11. The number of amides is 2. The van der Waals surface area contributed by atoms with Crippen molar-refractivity contribution in [3.05, 3.63) is 71.3 Å². The molecule has 2 aromatic carbocycles. The molecule has 2 atom stereocenters. The average Bonchev–Trinajstić information content (AvgIpc) is 3.26. The molecule has 0 aliphatic carbocycles. The van der Waals surface area contributed by atoms with Crippen molar-refractivity contribution in [2.45, 2.75) is 38.1 Å². The van der Waals surface area contributed by atoms with Gasteiger partial charge in [0, 0.05) is 19.5 Å². The summed E-state index contributed by atoms with van der Waals surface area (Å²) in [5.41, 5.74) is 3.17. The van der Waals surface area contributed by atoms with Crippen molar-refractivity contribution in [2.75, 3.05) is 20.2 Å². The first-order valence-electron chi connectivity index (χ1n) is 10.6. The summed E-state index contributed by atoms with van der Waals surface area (Å²) in [5.74, 6) is -0.563.